The maximum atomic E-state index is 12.5. The van der Waals surface area contributed by atoms with Crippen molar-refractivity contribution in [3.63, 3.8) is 0 Å². The molecule has 6 nitrogen and oxygen atoms in total. The summed E-state index contributed by atoms with van der Waals surface area (Å²) >= 11 is 0. The molecule has 0 rings (SSSR count). The third kappa shape index (κ3) is 49.6. The number of rotatable bonds is 52. The Hall–Kier alpha value is -1.66. The first kappa shape index (κ1) is 61.3. The second-order valence-electron chi connectivity index (χ2n) is 19.3. The number of esters is 1. The van der Waals surface area contributed by atoms with Crippen LogP contribution in [0.2, 0.25) is 0 Å². The van der Waals surface area contributed by atoms with E-state index in [-0.39, 0.29) is 18.5 Å². The van der Waals surface area contributed by atoms with E-state index in [0.717, 1.165) is 57.8 Å². The minimum absolute atomic E-state index is 0.0109. The van der Waals surface area contributed by atoms with E-state index in [1.165, 1.54) is 212 Å². The number of unbranched alkanes of at least 4 members (excludes halogenated alkanes) is 37. The van der Waals surface area contributed by atoms with Gasteiger partial charge in [0.25, 0.3) is 0 Å². The molecule has 372 valence electrons. The van der Waals surface area contributed by atoms with Crippen molar-refractivity contribution in [2.24, 2.45) is 0 Å². The highest BCUT2D eigenvalue weighted by Crippen LogP contribution is 2.17. The molecule has 0 heterocycles. The molecule has 3 N–H and O–H groups in total. The van der Waals surface area contributed by atoms with Gasteiger partial charge in [-0.25, -0.2) is 0 Å². The van der Waals surface area contributed by atoms with Crippen LogP contribution in [0.3, 0.4) is 0 Å². The van der Waals surface area contributed by atoms with Crippen molar-refractivity contribution in [1.29, 1.82) is 0 Å². The standard InChI is InChI=1S/C57H109NO5/c1-3-5-7-9-11-13-15-17-18-22-26-29-33-37-41-45-49-55(60)54(53-59)58-56(61)50-46-42-38-34-30-27-23-20-19-21-24-28-32-36-40-44-48-52-63-57(62)51-47-43-39-35-31-25-16-14-12-10-8-6-4-2/h14,16,19,21,54-55,59-60H,3-13,15,17-18,20,22-53H2,1-2H3,(H,58,61)/b16-14-,21-19-. The fourth-order valence-electron chi connectivity index (χ4n) is 8.63. The summed E-state index contributed by atoms with van der Waals surface area (Å²) in [4.78, 5) is 24.5. The molecule has 0 aliphatic carbocycles. The summed E-state index contributed by atoms with van der Waals surface area (Å²) in [6, 6.07) is -0.550. The van der Waals surface area contributed by atoms with Gasteiger partial charge in [-0.05, 0) is 77.0 Å². The maximum absolute atomic E-state index is 12.5. The van der Waals surface area contributed by atoms with Crippen LogP contribution in [0, 0.1) is 0 Å². The Kier molecular flexibility index (Phi) is 51.6. The van der Waals surface area contributed by atoms with Crippen molar-refractivity contribution < 1.29 is 24.5 Å². The molecular formula is C57H109NO5. The van der Waals surface area contributed by atoms with Gasteiger partial charge >= 0.3 is 5.97 Å². The second-order valence-corrected chi connectivity index (χ2v) is 19.3. The molecule has 6 heteroatoms. The van der Waals surface area contributed by atoms with E-state index in [1.807, 2.05) is 0 Å². The molecule has 2 atom stereocenters. The molecule has 0 aromatic heterocycles. The first-order valence-electron chi connectivity index (χ1n) is 28.1. The summed E-state index contributed by atoms with van der Waals surface area (Å²) in [5, 5.41) is 23.3. The molecule has 2 unspecified atom stereocenters. The number of aliphatic hydroxyl groups is 2. The number of amides is 1. The van der Waals surface area contributed by atoms with Crippen molar-refractivity contribution in [3.8, 4) is 0 Å². The Morgan fingerprint density at radius 1 is 0.429 bits per heavy atom. The van der Waals surface area contributed by atoms with Crippen LogP contribution in [-0.2, 0) is 14.3 Å². The van der Waals surface area contributed by atoms with Gasteiger partial charge in [0.1, 0.15) is 0 Å². The monoisotopic (exact) mass is 888 g/mol. The molecule has 0 aliphatic heterocycles. The molecule has 0 bridgehead atoms. The van der Waals surface area contributed by atoms with Gasteiger partial charge in [-0.15, -0.1) is 0 Å². The van der Waals surface area contributed by atoms with Crippen molar-refractivity contribution in [2.45, 2.75) is 315 Å². The molecule has 63 heavy (non-hydrogen) atoms. The van der Waals surface area contributed by atoms with E-state index in [2.05, 4.69) is 43.5 Å². The highest BCUT2D eigenvalue weighted by molar-refractivity contribution is 5.76. The second kappa shape index (κ2) is 53.0. The minimum Gasteiger partial charge on any atom is -0.466 e. The molecule has 0 spiro atoms. The zero-order valence-electron chi connectivity index (χ0n) is 42.3. The van der Waals surface area contributed by atoms with Crippen LogP contribution in [0.15, 0.2) is 24.3 Å². The van der Waals surface area contributed by atoms with Crippen molar-refractivity contribution in [2.75, 3.05) is 13.2 Å². The fourth-order valence-corrected chi connectivity index (χ4v) is 8.63. The van der Waals surface area contributed by atoms with Gasteiger partial charge in [0, 0.05) is 12.8 Å². The van der Waals surface area contributed by atoms with E-state index < -0.39 is 12.1 Å². The van der Waals surface area contributed by atoms with E-state index in [9.17, 15) is 19.8 Å². The van der Waals surface area contributed by atoms with Crippen LogP contribution < -0.4 is 5.32 Å². The van der Waals surface area contributed by atoms with E-state index in [0.29, 0.717) is 25.9 Å². The Labute approximate surface area is 392 Å². The zero-order chi connectivity index (χ0) is 45.8. The minimum atomic E-state index is -0.672. The number of allylic oxidation sites excluding steroid dienone is 4. The third-order valence-corrected chi connectivity index (χ3v) is 13.0. The molecule has 0 aromatic rings. The number of ether oxygens (including phenoxy) is 1. The first-order chi connectivity index (χ1) is 31.0. The number of aliphatic hydroxyl groups excluding tert-OH is 2. The lowest BCUT2D eigenvalue weighted by molar-refractivity contribution is -0.143. The fraction of sp³-hybridized carbons (Fsp3) is 0.895. The van der Waals surface area contributed by atoms with Crippen LogP contribution in [-0.4, -0.2) is 47.4 Å². The topological polar surface area (TPSA) is 95.9 Å². The highest BCUT2D eigenvalue weighted by atomic mass is 16.5. The average Bonchev–Trinajstić information content (AvgIpc) is 3.28. The number of carbonyl (C=O) groups is 2. The molecular weight excluding hydrogens is 779 g/mol. The molecule has 0 radical (unpaired) electrons. The predicted octanol–water partition coefficient (Wildman–Crippen LogP) is 17.1. The zero-order valence-corrected chi connectivity index (χ0v) is 42.3. The Balaban J connectivity index is 3.46. The summed E-state index contributed by atoms with van der Waals surface area (Å²) in [6.45, 7) is 4.92. The Morgan fingerprint density at radius 2 is 0.746 bits per heavy atom. The van der Waals surface area contributed by atoms with Crippen LogP contribution in [0.4, 0.5) is 0 Å². The molecule has 0 aromatic carbocycles. The lowest BCUT2D eigenvalue weighted by atomic mass is 10.0. The van der Waals surface area contributed by atoms with Gasteiger partial charge in [-0.1, -0.05) is 237 Å². The molecule has 0 saturated heterocycles. The third-order valence-electron chi connectivity index (χ3n) is 13.0. The van der Waals surface area contributed by atoms with Crippen LogP contribution in [0.25, 0.3) is 0 Å². The lowest BCUT2D eigenvalue weighted by Crippen LogP contribution is -2.45. The van der Waals surface area contributed by atoms with Crippen LogP contribution >= 0.6 is 0 Å². The Morgan fingerprint density at radius 3 is 1.14 bits per heavy atom. The van der Waals surface area contributed by atoms with Gasteiger partial charge in [0.15, 0.2) is 0 Å². The Bertz CT molecular complexity index is 982. The van der Waals surface area contributed by atoms with Crippen LogP contribution in [0.1, 0.15) is 303 Å². The molecule has 0 aliphatic rings. The van der Waals surface area contributed by atoms with Gasteiger partial charge in [0.2, 0.25) is 5.91 Å². The smallest absolute Gasteiger partial charge is 0.305 e. The van der Waals surface area contributed by atoms with E-state index in [4.69, 9.17) is 4.74 Å². The van der Waals surface area contributed by atoms with Crippen molar-refractivity contribution in [1.82, 2.24) is 5.32 Å². The van der Waals surface area contributed by atoms with Crippen molar-refractivity contribution in [3.05, 3.63) is 24.3 Å². The quantitative estimate of drug-likeness (QED) is 0.0321. The summed E-state index contributed by atoms with van der Waals surface area (Å²) in [7, 11) is 0. The molecule has 0 fully saturated rings. The van der Waals surface area contributed by atoms with E-state index in [1.54, 1.807) is 0 Å². The number of hydrogen-bond acceptors (Lipinski definition) is 5. The summed E-state index contributed by atoms with van der Waals surface area (Å²) in [5.74, 6) is -0.0568. The van der Waals surface area contributed by atoms with Crippen molar-refractivity contribution >= 4 is 11.9 Å². The first-order valence-corrected chi connectivity index (χ1v) is 28.1. The summed E-state index contributed by atoms with van der Waals surface area (Å²) in [5.41, 5.74) is 0. The number of hydrogen-bond donors (Lipinski definition) is 3. The highest BCUT2D eigenvalue weighted by Gasteiger charge is 2.20. The molecule has 0 saturated carbocycles. The lowest BCUT2D eigenvalue weighted by Gasteiger charge is -2.22. The van der Waals surface area contributed by atoms with Crippen LogP contribution in [0.5, 0.6) is 0 Å². The van der Waals surface area contributed by atoms with Gasteiger partial charge in [-0.2, -0.15) is 0 Å². The maximum Gasteiger partial charge on any atom is 0.305 e. The van der Waals surface area contributed by atoms with Gasteiger partial charge in [0.05, 0.1) is 25.4 Å². The van der Waals surface area contributed by atoms with E-state index >= 15 is 0 Å². The molecule has 1 amide bonds. The summed E-state index contributed by atoms with van der Waals surface area (Å²) < 4.78 is 5.45. The normalized spacial score (nSPS) is 12.8. The van der Waals surface area contributed by atoms with Gasteiger partial charge in [-0.3, -0.25) is 9.59 Å². The number of carbonyl (C=O) groups excluding carboxylic acids is 2. The number of nitrogens with one attached hydrogen (secondary N) is 1. The predicted molar refractivity (Wildman–Crippen MR) is 273 cm³/mol. The average molecular weight is 889 g/mol. The van der Waals surface area contributed by atoms with Gasteiger partial charge < -0.3 is 20.3 Å². The summed E-state index contributed by atoms with van der Waals surface area (Å²) in [6.07, 6.45) is 63.0. The largest absolute Gasteiger partial charge is 0.466 e. The SMILES string of the molecule is CCCCCC/C=C\CCCCCCCC(=O)OCCCCCCCC/C=C\CCCCCCCCCC(=O)NC(CO)C(O)CCCCCCCCCCCCCCCCCC.